The molecule has 0 bridgehead atoms. The monoisotopic (exact) mass is 214 g/mol. The van der Waals surface area contributed by atoms with Crippen molar-refractivity contribution in [1.82, 2.24) is 0 Å². The minimum Gasteiger partial charge on any atom is -0.388 e. The molecule has 1 nitrogen and oxygen atoms in total. The molecule has 1 aliphatic rings. The second kappa shape index (κ2) is 5.16. The molecule has 84 valence electrons. The minimum atomic E-state index is -0.271. The maximum atomic E-state index is 9.85. The molecule has 1 aliphatic carbocycles. The largest absolute Gasteiger partial charge is 0.388 e. The Labute approximate surface area is 97.1 Å². The van der Waals surface area contributed by atoms with Crippen LogP contribution in [0.1, 0.15) is 38.2 Å². The Morgan fingerprint density at radius 1 is 1.25 bits per heavy atom. The lowest BCUT2D eigenvalue weighted by Gasteiger charge is -2.18. The van der Waals surface area contributed by atoms with Crippen LogP contribution in [0, 0.1) is 0 Å². The molecule has 1 atom stereocenters. The molecule has 0 radical (unpaired) electrons. The molecule has 1 fully saturated rings. The molecule has 0 spiro atoms. The van der Waals surface area contributed by atoms with Crippen LogP contribution >= 0.6 is 0 Å². The van der Waals surface area contributed by atoms with Crippen molar-refractivity contribution in [1.29, 1.82) is 0 Å². The zero-order valence-corrected chi connectivity index (χ0v) is 9.74. The van der Waals surface area contributed by atoms with Gasteiger partial charge in [0.1, 0.15) is 0 Å². The van der Waals surface area contributed by atoms with Gasteiger partial charge in [-0.2, -0.15) is 0 Å². The van der Waals surface area contributed by atoms with Gasteiger partial charge in [-0.05, 0) is 37.3 Å². The summed E-state index contributed by atoms with van der Waals surface area (Å²) in [7, 11) is 0. The summed E-state index contributed by atoms with van der Waals surface area (Å²) >= 11 is 0. The van der Waals surface area contributed by atoms with E-state index in [0.29, 0.717) is 0 Å². The minimum absolute atomic E-state index is 0.271. The van der Waals surface area contributed by atoms with Crippen molar-refractivity contribution >= 4 is 5.57 Å². The van der Waals surface area contributed by atoms with Gasteiger partial charge in [0.05, 0.1) is 6.10 Å². The summed E-state index contributed by atoms with van der Waals surface area (Å²) in [6.07, 6.45) is 3.93. The van der Waals surface area contributed by atoms with E-state index in [1.54, 1.807) is 0 Å². The van der Waals surface area contributed by atoms with Crippen LogP contribution in [0.3, 0.4) is 0 Å². The SMILES string of the molecule is CC(=C=C1CCCCC1O)c1ccccc1. The van der Waals surface area contributed by atoms with Gasteiger partial charge in [0, 0.05) is 5.57 Å². The Morgan fingerprint density at radius 3 is 2.69 bits per heavy atom. The van der Waals surface area contributed by atoms with E-state index >= 15 is 0 Å². The highest BCUT2D eigenvalue weighted by atomic mass is 16.3. The molecule has 0 heterocycles. The van der Waals surface area contributed by atoms with Gasteiger partial charge in [-0.3, -0.25) is 0 Å². The zero-order chi connectivity index (χ0) is 11.4. The van der Waals surface area contributed by atoms with Crippen LogP contribution in [0.2, 0.25) is 0 Å². The van der Waals surface area contributed by atoms with Crippen molar-refractivity contribution in [2.24, 2.45) is 0 Å². The third kappa shape index (κ3) is 2.63. The maximum Gasteiger partial charge on any atom is 0.0823 e. The second-order valence-corrected chi connectivity index (χ2v) is 4.40. The van der Waals surface area contributed by atoms with E-state index in [4.69, 9.17) is 0 Å². The molecule has 2 rings (SSSR count). The highest BCUT2D eigenvalue weighted by molar-refractivity contribution is 5.63. The Kier molecular flexibility index (Phi) is 3.61. The van der Waals surface area contributed by atoms with E-state index in [-0.39, 0.29) is 6.10 Å². The second-order valence-electron chi connectivity index (χ2n) is 4.40. The standard InChI is InChI=1S/C15H18O/c1-12(13-7-3-2-4-8-13)11-14-9-5-6-10-15(14)16/h2-4,7-8,15-16H,5-6,9-10H2,1H3. The van der Waals surface area contributed by atoms with Crippen LogP contribution in [0.5, 0.6) is 0 Å². The third-order valence-corrected chi connectivity index (χ3v) is 3.13. The number of rotatable bonds is 1. The summed E-state index contributed by atoms with van der Waals surface area (Å²) in [5.41, 5.74) is 6.75. The first kappa shape index (κ1) is 11.2. The van der Waals surface area contributed by atoms with E-state index in [9.17, 15) is 5.11 Å². The van der Waals surface area contributed by atoms with E-state index in [1.807, 2.05) is 18.2 Å². The fourth-order valence-corrected chi connectivity index (χ4v) is 2.14. The fourth-order valence-electron chi connectivity index (χ4n) is 2.14. The molecular formula is C15H18O. The summed E-state index contributed by atoms with van der Waals surface area (Å²) < 4.78 is 0. The number of hydrogen-bond donors (Lipinski definition) is 1. The van der Waals surface area contributed by atoms with Crippen molar-refractivity contribution in [2.45, 2.75) is 38.7 Å². The molecule has 1 unspecified atom stereocenters. The lowest BCUT2D eigenvalue weighted by Crippen LogP contribution is -2.14. The van der Waals surface area contributed by atoms with E-state index < -0.39 is 0 Å². The summed E-state index contributed by atoms with van der Waals surface area (Å²) in [6.45, 7) is 2.06. The van der Waals surface area contributed by atoms with Gasteiger partial charge in [0.25, 0.3) is 0 Å². The topological polar surface area (TPSA) is 20.2 Å². The Morgan fingerprint density at radius 2 is 2.00 bits per heavy atom. The quantitative estimate of drug-likeness (QED) is 0.709. The first-order chi connectivity index (χ1) is 7.77. The number of aliphatic hydroxyl groups is 1. The molecule has 1 saturated carbocycles. The van der Waals surface area contributed by atoms with Gasteiger partial charge < -0.3 is 5.11 Å². The summed E-state index contributed by atoms with van der Waals surface area (Å²) in [6, 6.07) is 10.2. The van der Waals surface area contributed by atoms with E-state index in [1.165, 1.54) is 12.0 Å². The lowest BCUT2D eigenvalue weighted by atomic mass is 9.92. The Bertz CT molecular complexity index is 410. The number of hydrogen-bond acceptors (Lipinski definition) is 1. The highest BCUT2D eigenvalue weighted by Crippen LogP contribution is 2.24. The molecule has 1 aromatic rings. The Hall–Kier alpha value is -1.30. The summed E-state index contributed by atoms with van der Waals surface area (Å²) in [4.78, 5) is 0. The van der Waals surface area contributed by atoms with Gasteiger partial charge in [0.2, 0.25) is 0 Å². The fraction of sp³-hybridized carbons (Fsp3) is 0.400. The molecule has 0 aromatic heterocycles. The third-order valence-electron chi connectivity index (χ3n) is 3.13. The molecule has 16 heavy (non-hydrogen) atoms. The first-order valence-electron chi connectivity index (χ1n) is 5.97. The van der Waals surface area contributed by atoms with Crippen LogP contribution in [0.15, 0.2) is 41.6 Å². The van der Waals surface area contributed by atoms with Gasteiger partial charge in [-0.15, -0.1) is 5.73 Å². The first-order valence-corrected chi connectivity index (χ1v) is 5.97. The van der Waals surface area contributed by atoms with E-state index in [2.05, 4.69) is 24.8 Å². The predicted molar refractivity (Wildman–Crippen MR) is 67.0 cm³/mol. The molecule has 1 N–H and O–H groups in total. The van der Waals surface area contributed by atoms with Crippen LogP contribution < -0.4 is 0 Å². The van der Waals surface area contributed by atoms with Crippen molar-refractivity contribution < 1.29 is 5.11 Å². The number of benzene rings is 1. The Balaban J connectivity index is 2.31. The smallest absolute Gasteiger partial charge is 0.0823 e. The zero-order valence-electron chi connectivity index (χ0n) is 9.74. The van der Waals surface area contributed by atoms with Gasteiger partial charge in [-0.1, -0.05) is 36.8 Å². The lowest BCUT2D eigenvalue weighted by molar-refractivity contribution is 0.179. The molecule has 0 amide bonds. The van der Waals surface area contributed by atoms with Crippen LogP contribution in [0.25, 0.3) is 5.57 Å². The van der Waals surface area contributed by atoms with Crippen molar-refractivity contribution in [2.75, 3.05) is 0 Å². The van der Waals surface area contributed by atoms with Gasteiger partial charge in [0.15, 0.2) is 0 Å². The van der Waals surface area contributed by atoms with E-state index in [0.717, 1.165) is 30.4 Å². The van der Waals surface area contributed by atoms with Crippen molar-refractivity contribution in [3.05, 3.63) is 47.2 Å². The predicted octanol–water partition coefficient (Wildman–Crippen LogP) is 3.55. The van der Waals surface area contributed by atoms with Gasteiger partial charge >= 0.3 is 0 Å². The maximum absolute atomic E-state index is 9.85. The molecule has 1 aromatic carbocycles. The number of aliphatic hydroxyl groups excluding tert-OH is 1. The van der Waals surface area contributed by atoms with Crippen molar-refractivity contribution in [3.63, 3.8) is 0 Å². The summed E-state index contributed by atoms with van der Waals surface area (Å²) in [5, 5.41) is 9.85. The normalized spacial score (nSPS) is 20.4. The summed E-state index contributed by atoms with van der Waals surface area (Å²) in [5.74, 6) is 0. The highest BCUT2D eigenvalue weighted by Gasteiger charge is 2.15. The van der Waals surface area contributed by atoms with Crippen LogP contribution in [-0.2, 0) is 0 Å². The average molecular weight is 214 g/mol. The van der Waals surface area contributed by atoms with Crippen LogP contribution in [0.4, 0.5) is 0 Å². The molecule has 0 saturated heterocycles. The molecule has 0 aliphatic heterocycles. The molecule has 1 heteroatoms. The molecular weight excluding hydrogens is 196 g/mol. The van der Waals surface area contributed by atoms with Crippen LogP contribution in [-0.4, -0.2) is 11.2 Å². The van der Waals surface area contributed by atoms with Gasteiger partial charge in [-0.25, -0.2) is 0 Å². The average Bonchev–Trinajstić information content (AvgIpc) is 2.33. The van der Waals surface area contributed by atoms with Crippen molar-refractivity contribution in [3.8, 4) is 0 Å².